The van der Waals surface area contributed by atoms with Crippen LogP contribution in [0.2, 0.25) is 0 Å². The summed E-state index contributed by atoms with van der Waals surface area (Å²) in [5, 5.41) is 8.68. The minimum Gasteiger partial charge on any atom is -0.317 e. The fourth-order valence-corrected chi connectivity index (χ4v) is 3.24. The molecule has 0 spiro atoms. The molecule has 0 radical (unpaired) electrons. The molecule has 1 amide bonds. The number of aromatic nitrogens is 2. The number of hydrogen-bond acceptors (Lipinski definition) is 5. The number of carbonyl (C=O) groups excluding carboxylic acids is 1. The largest absolute Gasteiger partial charge is 0.317 e. The van der Waals surface area contributed by atoms with Gasteiger partial charge in [-0.15, -0.1) is 11.3 Å². The van der Waals surface area contributed by atoms with Gasteiger partial charge in [-0.2, -0.15) is 0 Å². The van der Waals surface area contributed by atoms with Gasteiger partial charge in [-0.25, -0.2) is 4.98 Å². The van der Waals surface area contributed by atoms with Gasteiger partial charge in [-0.1, -0.05) is 6.07 Å². The van der Waals surface area contributed by atoms with E-state index in [0.29, 0.717) is 23.9 Å². The molecule has 1 fully saturated rings. The number of rotatable bonds is 5. The summed E-state index contributed by atoms with van der Waals surface area (Å²) >= 11 is 1.43. The van der Waals surface area contributed by atoms with Crippen LogP contribution in [0.4, 0.5) is 5.13 Å². The summed E-state index contributed by atoms with van der Waals surface area (Å²) in [6.07, 6.45) is 5.06. The van der Waals surface area contributed by atoms with Gasteiger partial charge in [0.15, 0.2) is 5.13 Å². The van der Waals surface area contributed by atoms with Gasteiger partial charge in [0.1, 0.15) is 0 Å². The van der Waals surface area contributed by atoms with Gasteiger partial charge in [0, 0.05) is 35.3 Å². The lowest BCUT2D eigenvalue weighted by molar-refractivity contribution is -0.116. The summed E-state index contributed by atoms with van der Waals surface area (Å²) in [7, 11) is 0. The molecule has 6 heteroatoms. The van der Waals surface area contributed by atoms with Crippen LogP contribution in [0.15, 0.2) is 29.8 Å². The Morgan fingerprint density at radius 1 is 1.36 bits per heavy atom. The SMILES string of the molecule is O=C(CCc1cccc(C2CCNCC2)n1)Nc1nccs1. The third-order valence-corrected chi connectivity index (χ3v) is 4.56. The van der Waals surface area contributed by atoms with Gasteiger partial charge in [0.2, 0.25) is 5.91 Å². The Kier molecular flexibility index (Phi) is 5.13. The number of pyridine rings is 1. The first kappa shape index (κ1) is 15.1. The molecule has 2 aromatic rings. The first-order valence-electron chi connectivity index (χ1n) is 7.67. The molecular formula is C16H20N4OS. The summed E-state index contributed by atoms with van der Waals surface area (Å²) in [6.45, 7) is 2.12. The quantitative estimate of drug-likeness (QED) is 0.890. The van der Waals surface area contributed by atoms with E-state index in [1.165, 1.54) is 17.0 Å². The van der Waals surface area contributed by atoms with E-state index in [1.807, 2.05) is 11.4 Å². The number of hydrogen-bond donors (Lipinski definition) is 2. The van der Waals surface area contributed by atoms with Crippen molar-refractivity contribution >= 4 is 22.4 Å². The standard InChI is InChI=1S/C16H20N4OS/c21-15(20-16-18-10-11-22-16)5-4-13-2-1-3-14(19-13)12-6-8-17-9-7-12/h1-3,10-12,17H,4-9H2,(H,18,20,21). The van der Waals surface area contributed by atoms with E-state index in [1.54, 1.807) is 6.20 Å². The second-order valence-electron chi connectivity index (χ2n) is 5.46. The predicted octanol–water partition coefficient (Wildman–Crippen LogP) is 2.58. The average Bonchev–Trinajstić information content (AvgIpc) is 3.07. The van der Waals surface area contributed by atoms with Gasteiger partial charge in [-0.05, 0) is 44.5 Å². The number of carbonyl (C=O) groups is 1. The van der Waals surface area contributed by atoms with Crippen molar-refractivity contribution in [1.29, 1.82) is 0 Å². The molecule has 0 aromatic carbocycles. The number of nitrogens with zero attached hydrogens (tertiary/aromatic N) is 2. The Labute approximate surface area is 134 Å². The van der Waals surface area contributed by atoms with Gasteiger partial charge in [-0.3, -0.25) is 9.78 Å². The fourth-order valence-electron chi connectivity index (χ4n) is 2.69. The van der Waals surface area contributed by atoms with Crippen LogP contribution < -0.4 is 10.6 Å². The van der Waals surface area contributed by atoms with Crippen LogP contribution in [0.3, 0.4) is 0 Å². The lowest BCUT2D eigenvalue weighted by Crippen LogP contribution is -2.27. The van der Waals surface area contributed by atoms with Gasteiger partial charge in [0.25, 0.3) is 0 Å². The second-order valence-corrected chi connectivity index (χ2v) is 6.36. The third kappa shape index (κ3) is 4.11. The molecule has 1 aliphatic rings. The van der Waals surface area contributed by atoms with Crippen LogP contribution in [0.1, 0.15) is 36.6 Å². The number of anilines is 1. The molecular weight excluding hydrogens is 296 g/mol. The summed E-state index contributed by atoms with van der Waals surface area (Å²) in [6, 6.07) is 6.16. The Morgan fingerprint density at radius 2 is 2.23 bits per heavy atom. The Bertz CT molecular complexity index is 608. The van der Waals surface area contributed by atoms with E-state index in [-0.39, 0.29) is 5.91 Å². The van der Waals surface area contributed by atoms with Gasteiger partial charge >= 0.3 is 0 Å². The molecule has 2 aromatic heterocycles. The Morgan fingerprint density at radius 3 is 3.00 bits per heavy atom. The summed E-state index contributed by atoms with van der Waals surface area (Å²) in [5.41, 5.74) is 2.16. The Balaban J connectivity index is 1.54. The molecule has 5 nitrogen and oxygen atoms in total. The number of nitrogens with one attached hydrogen (secondary N) is 2. The van der Waals surface area contributed by atoms with Crippen molar-refractivity contribution in [2.45, 2.75) is 31.6 Å². The van der Waals surface area contributed by atoms with Crippen molar-refractivity contribution in [2.75, 3.05) is 18.4 Å². The predicted molar refractivity (Wildman–Crippen MR) is 88.1 cm³/mol. The van der Waals surface area contributed by atoms with Crippen molar-refractivity contribution in [2.24, 2.45) is 0 Å². The summed E-state index contributed by atoms with van der Waals surface area (Å²) in [5.74, 6) is 0.536. The minimum atomic E-state index is -0.0102. The molecule has 2 N–H and O–H groups in total. The smallest absolute Gasteiger partial charge is 0.226 e. The molecule has 0 aliphatic carbocycles. The lowest BCUT2D eigenvalue weighted by atomic mass is 9.94. The van der Waals surface area contributed by atoms with Crippen molar-refractivity contribution in [3.63, 3.8) is 0 Å². The van der Waals surface area contributed by atoms with Crippen molar-refractivity contribution in [3.8, 4) is 0 Å². The van der Waals surface area contributed by atoms with Crippen molar-refractivity contribution < 1.29 is 4.79 Å². The highest BCUT2D eigenvalue weighted by molar-refractivity contribution is 7.13. The molecule has 0 saturated carbocycles. The molecule has 0 atom stereocenters. The fraction of sp³-hybridized carbons (Fsp3) is 0.438. The monoisotopic (exact) mass is 316 g/mol. The number of amides is 1. The minimum absolute atomic E-state index is 0.0102. The highest BCUT2D eigenvalue weighted by Crippen LogP contribution is 2.23. The highest BCUT2D eigenvalue weighted by Gasteiger charge is 2.16. The topological polar surface area (TPSA) is 66.9 Å². The van der Waals surface area contributed by atoms with Crippen molar-refractivity contribution in [1.82, 2.24) is 15.3 Å². The molecule has 3 heterocycles. The van der Waals surface area contributed by atoms with Crippen LogP contribution in [0, 0.1) is 0 Å². The van der Waals surface area contributed by atoms with E-state index < -0.39 is 0 Å². The molecule has 1 aliphatic heterocycles. The maximum absolute atomic E-state index is 11.9. The molecule has 22 heavy (non-hydrogen) atoms. The second kappa shape index (κ2) is 7.47. The normalized spacial score (nSPS) is 15.6. The first-order valence-corrected chi connectivity index (χ1v) is 8.55. The molecule has 1 saturated heterocycles. The zero-order valence-electron chi connectivity index (χ0n) is 12.4. The van der Waals surface area contributed by atoms with Crippen LogP contribution in [0.25, 0.3) is 0 Å². The van der Waals surface area contributed by atoms with E-state index in [9.17, 15) is 4.79 Å². The first-order chi connectivity index (χ1) is 10.8. The summed E-state index contributed by atoms with van der Waals surface area (Å²) < 4.78 is 0. The molecule has 0 unspecified atom stereocenters. The zero-order chi connectivity index (χ0) is 15.2. The molecule has 3 rings (SSSR count). The summed E-state index contributed by atoms with van der Waals surface area (Å²) in [4.78, 5) is 20.7. The van der Waals surface area contributed by atoms with E-state index in [0.717, 1.165) is 31.6 Å². The third-order valence-electron chi connectivity index (χ3n) is 3.87. The Hall–Kier alpha value is -1.79. The highest BCUT2D eigenvalue weighted by atomic mass is 32.1. The van der Waals surface area contributed by atoms with Gasteiger partial charge in [0.05, 0.1) is 0 Å². The maximum Gasteiger partial charge on any atom is 0.226 e. The maximum atomic E-state index is 11.9. The van der Waals surface area contributed by atoms with E-state index in [2.05, 4.69) is 27.8 Å². The number of aryl methyl sites for hydroxylation is 1. The average molecular weight is 316 g/mol. The van der Waals surface area contributed by atoms with E-state index in [4.69, 9.17) is 4.98 Å². The van der Waals surface area contributed by atoms with E-state index >= 15 is 0 Å². The van der Waals surface area contributed by atoms with Crippen LogP contribution in [0.5, 0.6) is 0 Å². The van der Waals surface area contributed by atoms with Crippen LogP contribution in [-0.2, 0) is 11.2 Å². The van der Waals surface area contributed by atoms with Crippen molar-refractivity contribution in [3.05, 3.63) is 41.2 Å². The number of piperidine rings is 1. The molecule has 116 valence electrons. The lowest BCUT2D eigenvalue weighted by Gasteiger charge is -2.22. The zero-order valence-corrected chi connectivity index (χ0v) is 13.2. The van der Waals surface area contributed by atoms with Crippen LogP contribution in [-0.4, -0.2) is 29.0 Å². The molecule has 0 bridgehead atoms. The van der Waals surface area contributed by atoms with Gasteiger partial charge < -0.3 is 10.6 Å². The number of thiazole rings is 1. The van der Waals surface area contributed by atoms with Crippen LogP contribution >= 0.6 is 11.3 Å².